The Morgan fingerprint density at radius 3 is 2.85 bits per heavy atom. The lowest BCUT2D eigenvalue weighted by Crippen LogP contribution is -2.16. The Morgan fingerprint density at radius 1 is 1.19 bits per heavy atom. The summed E-state index contributed by atoms with van der Waals surface area (Å²) >= 11 is 1.43. The van der Waals surface area contributed by atoms with Crippen LogP contribution >= 0.6 is 11.8 Å². The number of aryl methyl sites for hydroxylation is 1. The molecule has 0 aliphatic rings. The molecule has 0 atom stereocenters. The smallest absolute Gasteiger partial charge is 0.210 e. The zero-order valence-corrected chi connectivity index (χ0v) is 15.4. The summed E-state index contributed by atoms with van der Waals surface area (Å²) in [5, 5.41) is 8.64. The summed E-state index contributed by atoms with van der Waals surface area (Å²) in [6.07, 6.45) is 3.95. The Morgan fingerprint density at radius 2 is 2.04 bits per heavy atom. The summed E-state index contributed by atoms with van der Waals surface area (Å²) < 4.78 is 22.4. The lowest BCUT2D eigenvalue weighted by molar-refractivity contribution is 0.277. The normalized spacial score (nSPS) is 11.2. The van der Waals surface area contributed by atoms with Gasteiger partial charge in [-0.1, -0.05) is 30.0 Å². The first kappa shape index (κ1) is 17.3. The highest BCUT2D eigenvalue weighted by atomic mass is 32.2. The quantitative estimate of drug-likeness (QED) is 0.406. The van der Waals surface area contributed by atoms with E-state index in [0.717, 1.165) is 16.9 Å². The molecule has 0 bridgehead atoms. The third kappa shape index (κ3) is 3.59. The van der Waals surface area contributed by atoms with Gasteiger partial charge < -0.3 is 15.0 Å². The SMILES string of the molecule is Cc1cccn2cc(CSc3nnc(COc4ccccc4F)n3N)nc12. The number of aromatic nitrogens is 5. The van der Waals surface area contributed by atoms with Crippen LogP contribution in [0.2, 0.25) is 0 Å². The maximum absolute atomic E-state index is 13.6. The number of rotatable bonds is 6. The highest BCUT2D eigenvalue weighted by molar-refractivity contribution is 7.98. The maximum Gasteiger partial charge on any atom is 0.210 e. The average Bonchev–Trinajstić information content (AvgIpc) is 3.24. The number of para-hydroxylation sites is 1. The molecule has 4 aromatic rings. The van der Waals surface area contributed by atoms with Crippen LogP contribution in [0.3, 0.4) is 0 Å². The van der Waals surface area contributed by atoms with Gasteiger partial charge in [0.15, 0.2) is 17.4 Å². The van der Waals surface area contributed by atoms with Crippen molar-refractivity contribution < 1.29 is 9.13 Å². The molecule has 0 saturated heterocycles. The molecule has 1 aromatic carbocycles. The molecule has 7 nitrogen and oxygen atoms in total. The van der Waals surface area contributed by atoms with Gasteiger partial charge in [0.2, 0.25) is 5.16 Å². The van der Waals surface area contributed by atoms with Crippen LogP contribution in [-0.4, -0.2) is 24.3 Å². The Hall–Kier alpha value is -3.07. The number of nitrogens with two attached hydrogens (primary N) is 1. The molecule has 0 fully saturated rings. The van der Waals surface area contributed by atoms with Crippen LogP contribution in [0.1, 0.15) is 17.1 Å². The van der Waals surface area contributed by atoms with Gasteiger partial charge in [-0.15, -0.1) is 10.2 Å². The van der Waals surface area contributed by atoms with E-state index < -0.39 is 5.82 Å². The van der Waals surface area contributed by atoms with Crippen LogP contribution in [0.4, 0.5) is 4.39 Å². The van der Waals surface area contributed by atoms with E-state index in [9.17, 15) is 4.39 Å². The van der Waals surface area contributed by atoms with Crippen LogP contribution in [0.15, 0.2) is 53.9 Å². The number of nitrogen functional groups attached to an aromatic ring is 1. The van der Waals surface area contributed by atoms with Gasteiger partial charge in [0.25, 0.3) is 0 Å². The topological polar surface area (TPSA) is 83.3 Å². The van der Waals surface area contributed by atoms with Crippen LogP contribution in [0.25, 0.3) is 5.65 Å². The van der Waals surface area contributed by atoms with E-state index in [2.05, 4.69) is 15.2 Å². The van der Waals surface area contributed by atoms with E-state index in [-0.39, 0.29) is 12.4 Å². The van der Waals surface area contributed by atoms with Gasteiger partial charge >= 0.3 is 0 Å². The molecule has 2 N–H and O–H groups in total. The molecule has 0 unspecified atom stereocenters. The zero-order valence-electron chi connectivity index (χ0n) is 14.5. The third-order valence-electron chi connectivity index (χ3n) is 4.01. The summed E-state index contributed by atoms with van der Waals surface area (Å²) in [7, 11) is 0. The number of hydrogen-bond acceptors (Lipinski definition) is 6. The van der Waals surface area contributed by atoms with E-state index in [1.165, 1.54) is 22.5 Å². The van der Waals surface area contributed by atoms with Crippen LogP contribution in [0, 0.1) is 12.7 Å². The van der Waals surface area contributed by atoms with Crippen molar-refractivity contribution in [3.05, 3.63) is 71.7 Å². The van der Waals surface area contributed by atoms with Crippen molar-refractivity contribution >= 4 is 17.4 Å². The van der Waals surface area contributed by atoms with E-state index in [1.807, 2.05) is 35.9 Å². The summed E-state index contributed by atoms with van der Waals surface area (Å²) in [4.78, 5) is 4.63. The fraction of sp³-hybridized carbons (Fsp3) is 0.167. The lowest BCUT2D eigenvalue weighted by atomic mass is 10.3. The summed E-state index contributed by atoms with van der Waals surface area (Å²) in [5.41, 5.74) is 2.96. The van der Waals surface area contributed by atoms with Crippen molar-refractivity contribution in [1.29, 1.82) is 0 Å². The fourth-order valence-electron chi connectivity index (χ4n) is 2.62. The highest BCUT2D eigenvalue weighted by Crippen LogP contribution is 2.22. The van der Waals surface area contributed by atoms with Gasteiger partial charge in [-0.05, 0) is 30.7 Å². The van der Waals surface area contributed by atoms with Gasteiger partial charge in [-0.2, -0.15) is 0 Å². The number of halogens is 1. The van der Waals surface area contributed by atoms with Crippen molar-refractivity contribution in [2.75, 3.05) is 5.84 Å². The fourth-order valence-corrected chi connectivity index (χ4v) is 3.38. The second-order valence-electron chi connectivity index (χ2n) is 5.93. The number of pyridine rings is 1. The molecule has 0 saturated carbocycles. The van der Waals surface area contributed by atoms with Crippen molar-refractivity contribution in [2.24, 2.45) is 0 Å². The van der Waals surface area contributed by atoms with Gasteiger partial charge in [-0.3, -0.25) is 0 Å². The minimum Gasteiger partial charge on any atom is -0.482 e. The minimum atomic E-state index is -0.433. The Kier molecular flexibility index (Phi) is 4.68. The zero-order chi connectivity index (χ0) is 18.8. The van der Waals surface area contributed by atoms with Crippen molar-refractivity contribution in [3.8, 4) is 5.75 Å². The average molecular weight is 384 g/mol. The van der Waals surface area contributed by atoms with Gasteiger partial charge in [0, 0.05) is 18.1 Å². The maximum atomic E-state index is 13.6. The largest absolute Gasteiger partial charge is 0.482 e. The molecular weight excluding hydrogens is 367 g/mol. The van der Waals surface area contributed by atoms with Crippen molar-refractivity contribution in [1.82, 2.24) is 24.3 Å². The minimum absolute atomic E-state index is 0.0263. The third-order valence-corrected chi connectivity index (χ3v) is 4.98. The van der Waals surface area contributed by atoms with Crippen LogP contribution in [0.5, 0.6) is 5.75 Å². The van der Waals surface area contributed by atoms with E-state index in [0.29, 0.717) is 16.7 Å². The number of ether oxygens (including phenoxy) is 1. The molecule has 0 radical (unpaired) electrons. The number of benzene rings is 1. The molecule has 138 valence electrons. The number of fused-ring (bicyclic) bond motifs is 1. The lowest BCUT2D eigenvalue weighted by Gasteiger charge is -2.06. The Labute approximate surface area is 159 Å². The molecule has 3 heterocycles. The molecule has 0 amide bonds. The number of thioether (sulfide) groups is 1. The van der Waals surface area contributed by atoms with E-state index in [1.54, 1.807) is 18.2 Å². The molecular formula is C18H17FN6OS. The second-order valence-corrected chi connectivity index (χ2v) is 6.87. The molecule has 0 aliphatic heterocycles. The Bertz CT molecular complexity index is 1090. The summed E-state index contributed by atoms with van der Waals surface area (Å²) in [6.45, 7) is 2.05. The predicted molar refractivity (Wildman–Crippen MR) is 100 cm³/mol. The molecule has 0 spiro atoms. The van der Waals surface area contributed by atoms with E-state index in [4.69, 9.17) is 10.6 Å². The van der Waals surface area contributed by atoms with Gasteiger partial charge in [0.05, 0.1) is 5.69 Å². The predicted octanol–water partition coefficient (Wildman–Crippen LogP) is 2.96. The molecule has 4 rings (SSSR count). The molecule has 3 aromatic heterocycles. The van der Waals surface area contributed by atoms with Crippen LogP contribution in [-0.2, 0) is 12.4 Å². The summed E-state index contributed by atoms with van der Waals surface area (Å²) in [6, 6.07) is 10.2. The Balaban J connectivity index is 1.42. The van der Waals surface area contributed by atoms with Gasteiger partial charge in [0.1, 0.15) is 12.3 Å². The number of imidazole rings is 1. The molecule has 9 heteroatoms. The van der Waals surface area contributed by atoms with Crippen LogP contribution < -0.4 is 10.6 Å². The first-order valence-corrected chi connectivity index (χ1v) is 9.23. The first-order valence-electron chi connectivity index (χ1n) is 8.24. The number of hydrogen-bond donors (Lipinski definition) is 1. The second kappa shape index (κ2) is 7.28. The molecule has 27 heavy (non-hydrogen) atoms. The highest BCUT2D eigenvalue weighted by Gasteiger charge is 2.13. The standard InChI is InChI=1S/C18H17FN6OS/c1-12-5-4-8-24-9-13(21-17(12)24)11-27-18-23-22-16(25(18)20)10-26-15-7-3-2-6-14(15)19/h2-9H,10-11,20H2,1H3. The number of nitrogens with zero attached hydrogens (tertiary/aromatic N) is 5. The summed E-state index contributed by atoms with van der Waals surface area (Å²) in [5.74, 6) is 6.77. The molecule has 0 aliphatic carbocycles. The van der Waals surface area contributed by atoms with E-state index >= 15 is 0 Å². The monoisotopic (exact) mass is 384 g/mol. The van der Waals surface area contributed by atoms with Crippen molar-refractivity contribution in [2.45, 2.75) is 24.4 Å². The van der Waals surface area contributed by atoms with Crippen molar-refractivity contribution in [3.63, 3.8) is 0 Å². The first-order chi connectivity index (χ1) is 13.1. The van der Waals surface area contributed by atoms with Gasteiger partial charge in [-0.25, -0.2) is 14.1 Å².